The van der Waals surface area contributed by atoms with Crippen molar-refractivity contribution in [3.8, 4) is 11.4 Å². The molecule has 1 aliphatic rings. The first kappa shape index (κ1) is 23.4. The second-order valence-electron chi connectivity index (χ2n) is 7.68. The molecular formula is C24H30FN5O2. The first-order valence-corrected chi connectivity index (χ1v) is 10.3. The fourth-order valence-corrected chi connectivity index (χ4v) is 3.57. The largest absolute Gasteiger partial charge is 0.492 e. The quantitative estimate of drug-likeness (QED) is 0.570. The maximum absolute atomic E-state index is 13.2. The molecule has 0 spiro atoms. The molecule has 1 aliphatic heterocycles. The number of ether oxygens (including phenoxy) is 1. The van der Waals surface area contributed by atoms with Crippen molar-refractivity contribution in [2.24, 2.45) is 0 Å². The summed E-state index contributed by atoms with van der Waals surface area (Å²) in [6, 6.07) is 12.8. The molecule has 32 heavy (non-hydrogen) atoms. The summed E-state index contributed by atoms with van der Waals surface area (Å²) in [7, 11) is 2.13. The number of likely N-dealkylation sites (N-methyl/N-ethyl adjacent to an activating group) is 1. The molecule has 0 amide bonds. The predicted molar refractivity (Wildman–Crippen MR) is 124 cm³/mol. The van der Waals surface area contributed by atoms with E-state index in [2.05, 4.69) is 21.9 Å². The van der Waals surface area contributed by atoms with Crippen LogP contribution in [0.5, 0.6) is 5.75 Å². The lowest BCUT2D eigenvalue weighted by atomic mass is 10.1. The number of carbonyl (C=O) groups excluding carboxylic acids is 1. The van der Waals surface area contributed by atoms with Crippen LogP contribution in [0, 0.1) is 5.82 Å². The predicted octanol–water partition coefficient (Wildman–Crippen LogP) is 3.09. The molecule has 8 heteroatoms. The van der Waals surface area contributed by atoms with Crippen LogP contribution < -0.4 is 10.5 Å². The van der Waals surface area contributed by atoms with E-state index in [0.29, 0.717) is 29.2 Å². The highest BCUT2D eigenvalue weighted by Gasteiger charge is 2.19. The number of nitrogens with two attached hydrogens (primary N) is 1. The van der Waals surface area contributed by atoms with Gasteiger partial charge in [0.1, 0.15) is 24.0 Å². The van der Waals surface area contributed by atoms with Crippen molar-refractivity contribution in [3.63, 3.8) is 0 Å². The summed E-state index contributed by atoms with van der Waals surface area (Å²) in [5, 5.41) is 4.20. The first-order valence-electron chi connectivity index (χ1n) is 10.3. The Bertz CT molecular complexity index is 1040. The summed E-state index contributed by atoms with van der Waals surface area (Å²) in [6.07, 6.45) is 1.43. The molecule has 1 aromatic heterocycles. The molecule has 0 radical (unpaired) electrons. The third-order valence-electron chi connectivity index (χ3n) is 5.49. The molecule has 0 atom stereocenters. The third kappa shape index (κ3) is 5.33. The summed E-state index contributed by atoms with van der Waals surface area (Å²) >= 11 is 0. The molecule has 0 aliphatic carbocycles. The number of rotatable bonds is 7. The van der Waals surface area contributed by atoms with E-state index in [1.807, 2.05) is 6.07 Å². The van der Waals surface area contributed by atoms with Gasteiger partial charge in [-0.3, -0.25) is 9.69 Å². The van der Waals surface area contributed by atoms with Gasteiger partial charge in [-0.2, -0.15) is 5.10 Å². The standard InChI is InChI=1S/C23H26FN5O2.CH4/c1-27-9-11-28(12-10-27)13-14-31-20-4-2-3-17(15-20)22(30)21-16-26-29(23(21)25)19-7-5-18(24)6-8-19;/h2-8,15-16H,9-14,25H2,1H3;1H4. The molecule has 2 heterocycles. The van der Waals surface area contributed by atoms with Gasteiger partial charge in [-0.1, -0.05) is 19.6 Å². The number of anilines is 1. The van der Waals surface area contributed by atoms with Crippen LogP contribution in [0.3, 0.4) is 0 Å². The van der Waals surface area contributed by atoms with Crippen LogP contribution in [0.15, 0.2) is 54.7 Å². The minimum atomic E-state index is -0.352. The van der Waals surface area contributed by atoms with Crippen molar-refractivity contribution in [1.82, 2.24) is 19.6 Å². The van der Waals surface area contributed by atoms with E-state index in [1.165, 1.54) is 23.0 Å². The minimum Gasteiger partial charge on any atom is -0.492 e. The number of hydrogen-bond acceptors (Lipinski definition) is 6. The zero-order chi connectivity index (χ0) is 21.8. The van der Waals surface area contributed by atoms with Crippen LogP contribution in [-0.4, -0.2) is 71.7 Å². The highest BCUT2D eigenvalue weighted by molar-refractivity contribution is 6.11. The van der Waals surface area contributed by atoms with Gasteiger partial charge < -0.3 is 15.4 Å². The van der Waals surface area contributed by atoms with Gasteiger partial charge in [0, 0.05) is 38.3 Å². The topological polar surface area (TPSA) is 76.6 Å². The van der Waals surface area contributed by atoms with E-state index < -0.39 is 0 Å². The van der Waals surface area contributed by atoms with Crippen LogP contribution in [0.2, 0.25) is 0 Å². The van der Waals surface area contributed by atoms with Crippen LogP contribution >= 0.6 is 0 Å². The average Bonchev–Trinajstić information content (AvgIpc) is 3.16. The summed E-state index contributed by atoms with van der Waals surface area (Å²) in [6.45, 7) is 5.62. The number of benzene rings is 2. The number of aromatic nitrogens is 2. The van der Waals surface area contributed by atoms with E-state index >= 15 is 0 Å². The Kier molecular flexibility index (Phi) is 7.61. The van der Waals surface area contributed by atoms with Gasteiger partial charge in [0.25, 0.3) is 0 Å². The molecule has 0 saturated carbocycles. The molecule has 1 fully saturated rings. The van der Waals surface area contributed by atoms with E-state index in [4.69, 9.17) is 10.5 Å². The minimum absolute atomic E-state index is 0. The zero-order valence-corrected chi connectivity index (χ0v) is 17.5. The third-order valence-corrected chi connectivity index (χ3v) is 5.49. The number of nitrogens with zero attached hydrogens (tertiary/aromatic N) is 4. The number of piperazine rings is 1. The van der Waals surface area contributed by atoms with E-state index in [9.17, 15) is 9.18 Å². The molecule has 7 nitrogen and oxygen atoms in total. The van der Waals surface area contributed by atoms with E-state index in [-0.39, 0.29) is 24.8 Å². The van der Waals surface area contributed by atoms with Crippen LogP contribution in [-0.2, 0) is 0 Å². The van der Waals surface area contributed by atoms with Crippen molar-refractivity contribution in [2.45, 2.75) is 7.43 Å². The lowest BCUT2D eigenvalue weighted by Gasteiger charge is -2.32. The van der Waals surface area contributed by atoms with Gasteiger partial charge in [-0.05, 0) is 43.4 Å². The Morgan fingerprint density at radius 2 is 1.84 bits per heavy atom. The van der Waals surface area contributed by atoms with Gasteiger partial charge in [-0.15, -0.1) is 0 Å². The normalized spacial score (nSPS) is 14.7. The van der Waals surface area contributed by atoms with Crippen molar-refractivity contribution in [1.29, 1.82) is 0 Å². The Labute approximate surface area is 188 Å². The lowest BCUT2D eigenvalue weighted by molar-refractivity contribution is 0.103. The molecule has 170 valence electrons. The number of nitrogen functional groups attached to an aromatic ring is 1. The SMILES string of the molecule is C.CN1CCN(CCOc2cccc(C(=O)c3cnn(-c4ccc(F)cc4)c3N)c2)CC1. The van der Waals surface area contributed by atoms with Crippen molar-refractivity contribution < 1.29 is 13.9 Å². The zero-order valence-electron chi connectivity index (χ0n) is 17.5. The molecule has 1 saturated heterocycles. The van der Waals surface area contributed by atoms with E-state index in [0.717, 1.165) is 32.7 Å². The fourth-order valence-electron chi connectivity index (χ4n) is 3.57. The second kappa shape index (κ2) is 10.4. The van der Waals surface area contributed by atoms with Crippen LogP contribution in [0.4, 0.5) is 10.2 Å². The van der Waals surface area contributed by atoms with Gasteiger partial charge in [-0.25, -0.2) is 9.07 Å². The van der Waals surface area contributed by atoms with Gasteiger partial charge in [0.15, 0.2) is 5.78 Å². The molecule has 0 unspecified atom stereocenters. The summed E-state index contributed by atoms with van der Waals surface area (Å²) in [5.41, 5.74) is 7.52. The van der Waals surface area contributed by atoms with Gasteiger partial charge >= 0.3 is 0 Å². The summed E-state index contributed by atoms with van der Waals surface area (Å²) in [4.78, 5) is 17.7. The van der Waals surface area contributed by atoms with Crippen LogP contribution in [0.1, 0.15) is 23.3 Å². The summed E-state index contributed by atoms with van der Waals surface area (Å²) in [5.74, 6) is 0.257. The second-order valence-corrected chi connectivity index (χ2v) is 7.68. The van der Waals surface area contributed by atoms with Crippen molar-refractivity contribution in [3.05, 3.63) is 71.7 Å². The van der Waals surface area contributed by atoms with Gasteiger partial charge in [0.05, 0.1) is 17.4 Å². The van der Waals surface area contributed by atoms with Crippen LogP contribution in [0.25, 0.3) is 5.69 Å². The Morgan fingerprint density at radius 1 is 1.12 bits per heavy atom. The van der Waals surface area contributed by atoms with Crippen molar-refractivity contribution >= 4 is 11.6 Å². The first-order chi connectivity index (χ1) is 15.0. The molecule has 2 N–H and O–H groups in total. The number of carbonyl (C=O) groups is 1. The number of halogens is 1. The maximum Gasteiger partial charge on any atom is 0.198 e. The van der Waals surface area contributed by atoms with Gasteiger partial charge in [0.2, 0.25) is 0 Å². The Balaban J connectivity index is 0.00000289. The fraction of sp³-hybridized carbons (Fsp3) is 0.333. The van der Waals surface area contributed by atoms with Crippen molar-refractivity contribution in [2.75, 3.05) is 52.1 Å². The highest BCUT2D eigenvalue weighted by atomic mass is 19.1. The maximum atomic E-state index is 13.2. The number of ketones is 1. The van der Waals surface area contributed by atoms with E-state index in [1.54, 1.807) is 30.3 Å². The highest BCUT2D eigenvalue weighted by Crippen LogP contribution is 2.22. The Hall–Kier alpha value is -3.23. The molecule has 2 aromatic carbocycles. The Morgan fingerprint density at radius 3 is 2.56 bits per heavy atom. The summed E-state index contributed by atoms with van der Waals surface area (Å²) < 4.78 is 20.5. The molecular weight excluding hydrogens is 409 g/mol. The number of hydrogen-bond donors (Lipinski definition) is 1. The molecule has 4 rings (SSSR count). The smallest absolute Gasteiger partial charge is 0.198 e. The average molecular weight is 440 g/mol. The monoisotopic (exact) mass is 439 g/mol. The molecule has 3 aromatic rings. The lowest BCUT2D eigenvalue weighted by Crippen LogP contribution is -2.45. The molecule has 0 bridgehead atoms.